The molecule has 0 saturated carbocycles. The van der Waals surface area contributed by atoms with E-state index in [2.05, 4.69) is 6.92 Å². The molecule has 0 aromatic carbocycles. The molecule has 0 spiro atoms. The molecule has 0 bridgehead atoms. The van der Waals surface area contributed by atoms with Gasteiger partial charge in [-0.1, -0.05) is 26.7 Å². The first-order valence-electron chi connectivity index (χ1n) is 8.36. The number of carbonyl (C=O) groups is 1. The lowest BCUT2D eigenvalue weighted by molar-refractivity contribution is -0.0627. The van der Waals surface area contributed by atoms with Crippen molar-refractivity contribution in [1.82, 2.24) is 4.90 Å². The van der Waals surface area contributed by atoms with Gasteiger partial charge in [0.25, 0.3) is 0 Å². The van der Waals surface area contributed by atoms with Crippen molar-refractivity contribution in [2.75, 3.05) is 13.2 Å². The standard InChI is InChI=1S/C14H27NO3.C3H8O/c1-7-8-9-11-10-17-14(5,6)15(11)12(16)18-13(2,3)4;1-2-3-4/h11H,7-10H2,1-6H3;4H,2-3H2,1H3. The molecule has 1 rings (SSSR count). The van der Waals surface area contributed by atoms with Crippen LogP contribution in [0, 0.1) is 0 Å². The second kappa shape index (κ2) is 9.36. The molecular formula is C17H35NO4. The Bertz CT molecular complexity index is 321. The van der Waals surface area contributed by atoms with Crippen LogP contribution in [-0.4, -0.2) is 46.7 Å². The molecule has 1 amide bonds. The molecule has 132 valence electrons. The van der Waals surface area contributed by atoms with Crippen molar-refractivity contribution in [2.24, 2.45) is 0 Å². The van der Waals surface area contributed by atoms with Gasteiger partial charge in [-0.25, -0.2) is 4.79 Å². The van der Waals surface area contributed by atoms with Gasteiger partial charge in [-0.3, -0.25) is 4.90 Å². The lowest BCUT2D eigenvalue weighted by Gasteiger charge is -2.35. The Morgan fingerprint density at radius 2 is 1.86 bits per heavy atom. The summed E-state index contributed by atoms with van der Waals surface area (Å²) in [5.41, 5.74) is -1.04. The summed E-state index contributed by atoms with van der Waals surface area (Å²) in [7, 11) is 0. The average molecular weight is 317 g/mol. The Hall–Kier alpha value is -0.810. The maximum absolute atomic E-state index is 12.3. The van der Waals surface area contributed by atoms with Crippen LogP contribution in [0.25, 0.3) is 0 Å². The fraction of sp³-hybridized carbons (Fsp3) is 0.941. The molecule has 5 heteroatoms. The SMILES string of the molecule is CCCCC1COC(C)(C)N1C(=O)OC(C)(C)C.CCCO. The maximum Gasteiger partial charge on any atom is 0.412 e. The highest BCUT2D eigenvalue weighted by molar-refractivity contribution is 5.69. The summed E-state index contributed by atoms with van der Waals surface area (Å²) in [5, 5.41) is 7.88. The maximum atomic E-state index is 12.3. The van der Waals surface area contributed by atoms with Crippen LogP contribution in [0.1, 0.15) is 74.1 Å². The highest BCUT2D eigenvalue weighted by Crippen LogP contribution is 2.31. The van der Waals surface area contributed by atoms with Crippen LogP contribution < -0.4 is 0 Å². The van der Waals surface area contributed by atoms with Crippen molar-refractivity contribution < 1.29 is 19.4 Å². The van der Waals surface area contributed by atoms with Gasteiger partial charge in [0.2, 0.25) is 0 Å². The van der Waals surface area contributed by atoms with E-state index in [1.54, 1.807) is 4.90 Å². The molecule has 0 aromatic rings. The van der Waals surface area contributed by atoms with Crippen LogP contribution in [0.4, 0.5) is 4.79 Å². The van der Waals surface area contributed by atoms with Crippen molar-refractivity contribution in [1.29, 1.82) is 0 Å². The highest BCUT2D eigenvalue weighted by Gasteiger charge is 2.45. The number of amides is 1. The zero-order chi connectivity index (χ0) is 17.4. The second-order valence-corrected chi connectivity index (χ2v) is 7.13. The summed E-state index contributed by atoms with van der Waals surface area (Å²) in [4.78, 5) is 14.0. The van der Waals surface area contributed by atoms with E-state index in [1.807, 2.05) is 41.5 Å². The molecule has 1 unspecified atom stereocenters. The summed E-state index contributed by atoms with van der Waals surface area (Å²) < 4.78 is 11.2. The number of aliphatic hydroxyl groups excluding tert-OH is 1. The highest BCUT2D eigenvalue weighted by atomic mass is 16.6. The van der Waals surface area contributed by atoms with Gasteiger partial charge in [-0.2, -0.15) is 0 Å². The first kappa shape index (κ1) is 21.2. The minimum Gasteiger partial charge on any atom is -0.444 e. The minimum atomic E-state index is -0.569. The Labute approximate surface area is 136 Å². The Kier molecular flexibility index (Phi) is 9.01. The van der Waals surface area contributed by atoms with Gasteiger partial charge < -0.3 is 14.6 Å². The van der Waals surface area contributed by atoms with Crippen molar-refractivity contribution in [3.8, 4) is 0 Å². The lowest BCUT2D eigenvalue weighted by atomic mass is 10.1. The van der Waals surface area contributed by atoms with E-state index in [9.17, 15) is 4.79 Å². The largest absolute Gasteiger partial charge is 0.444 e. The Morgan fingerprint density at radius 3 is 2.27 bits per heavy atom. The molecule has 1 atom stereocenters. The zero-order valence-electron chi connectivity index (χ0n) is 15.4. The minimum absolute atomic E-state index is 0.134. The van der Waals surface area contributed by atoms with E-state index >= 15 is 0 Å². The molecule has 0 aromatic heterocycles. The van der Waals surface area contributed by atoms with Crippen LogP contribution in [0.5, 0.6) is 0 Å². The molecule has 1 N–H and O–H groups in total. The van der Waals surface area contributed by atoms with Gasteiger partial charge in [0.05, 0.1) is 12.6 Å². The van der Waals surface area contributed by atoms with Crippen LogP contribution >= 0.6 is 0 Å². The van der Waals surface area contributed by atoms with Gasteiger partial charge >= 0.3 is 6.09 Å². The smallest absolute Gasteiger partial charge is 0.412 e. The van der Waals surface area contributed by atoms with Gasteiger partial charge in [-0.15, -0.1) is 0 Å². The fourth-order valence-corrected chi connectivity index (χ4v) is 2.22. The van der Waals surface area contributed by atoms with Crippen LogP contribution in [0.3, 0.4) is 0 Å². The Morgan fingerprint density at radius 1 is 1.32 bits per heavy atom. The number of rotatable bonds is 4. The van der Waals surface area contributed by atoms with Crippen LogP contribution in [0.15, 0.2) is 0 Å². The molecule has 1 saturated heterocycles. The molecule has 22 heavy (non-hydrogen) atoms. The van der Waals surface area contributed by atoms with Crippen molar-refractivity contribution >= 4 is 6.09 Å². The fourth-order valence-electron chi connectivity index (χ4n) is 2.22. The van der Waals surface area contributed by atoms with E-state index in [0.717, 1.165) is 25.7 Å². The normalized spacial score (nSPS) is 20.4. The molecule has 1 aliphatic rings. The predicted molar refractivity (Wildman–Crippen MR) is 88.8 cm³/mol. The monoisotopic (exact) mass is 317 g/mol. The van der Waals surface area contributed by atoms with E-state index in [0.29, 0.717) is 13.2 Å². The first-order chi connectivity index (χ1) is 10.1. The molecule has 1 fully saturated rings. The molecule has 0 radical (unpaired) electrons. The topological polar surface area (TPSA) is 59.0 Å². The number of aliphatic hydroxyl groups is 1. The Balaban J connectivity index is 0.000000980. The summed E-state index contributed by atoms with van der Waals surface area (Å²) in [5.74, 6) is 0. The van der Waals surface area contributed by atoms with E-state index in [-0.39, 0.29) is 12.1 Å². The van der Waals surface area contributed by atoms with E-state index in [4.69, 9.17) is 14.6 Å². The molecule has 0 aliphatic carbocycles. The van der Waals surface area contributed by atoms with Crippen molar-refractivity contribution in [2.45, 2.75) is 91.5 Å². The predicted octanol–water partition coefficient (Wildman–Crippen LogP) is 3.94. The number of unbranched alkanes of at least 4 members (excludes halogenated alkanes) is 1. The lowest BCUT2D eigenvalue weighted by Crippen LogP contribution is -2.49. The van der Waals surface area contributed by atoms with Gasteiger partial charge in [-0.05, 0) is 47.5 Å². The second-order valence-electron chi connectivity index (χ2n) is 7.13. The zero-order valence-corrected chi connectivity index (χ0v) is 15.4. The van der Waals surface area contributed by atoms with Gasteiger partial charge in [0.15, 0.2) is 0 Å². The van der Waals surface area contributed by atoms with E-state index < -0.39 is 11.3 Å². The average Bonchev–Trinajstić information content (AvgIpc) is 2.69. The first-order valence-corrected chi connectivity index (χ1v) is 8.36. The van der Waals surface area contributed by atoms with Crippen molar-refractivity contribution in [3.05, 3.63) is 0 Å². The van der Waals surface area contributed by atoms with Crippen LogP contribution in [0.2, 0.25) is 0 Å². The molecule has 1 aliphatic heterocycles. The summed E-state index contributed by atoms with van der Waals surface area (Å²) in [6.45, 7) is 14.5. The third kappa shape index (κ3) is 7.45. The van der Waals surface area contributed by atoms with Crippen LogP contribution in [-0.2, 0) is 9.47 Å². The summed E-state index contributed by atoms with van der Waals surface area (Å²) in [6.07, 6.45) is 3.80. The quantitative estimate of drug-likeness (QED) is 0.853. The summed E-state index contributed by atoms with van der Waals surface area (Å²) >= 11 is 0. The number of hydrogen-bond donors (Lipinski definition) is 1. The van der Waals surface area contributed by atoms with Crippen molar-refractivity contribution in [3.63, 3.8) is 0 Å². The molecule has 5 nitrogen and oxygen atoms in total. The third-order valence-electron chi connectivity index (χ3n) is 3.28. The van der Waals surface area contributed by atoms with Gasteiger partial charge in [0, 0.05) is 6.61 Å². The number of nitrogens with zero attached hydrogens (tertiary/aromatic N) is 1. The molecule has 1 heterocycles. The third-order valence-corrected chi connectivity index (χ3v) is 3.28. The van der Waals surface area contributed by atoms with E-state index in [1.165, 1.54) is 0 Å². The molecular weight excluding hydrogens is 282 g/mol. The number of hydrogen-bond acceptors (Lipinski definition) is 4. The number of ether oxygens (including phenoxy) is 2. The number of carbonyl (C=O) groups excluding carboxylic acids is 1. The summed E-state index contributed by atoms with van der Waals surface area (Å²) in [6, 6.07) is 0.134. The van der Waals surface area contributed by atoms with Gasteiger partial charge in [0.1, 0.15) is 11.3 Å².